The second kappa shape index (κ2) is 6.51. The molecule has 0 radical (unpaired) electrons. The van der Waals surface area contributed by atoms with Gasteiger partial charge in [0.15, 0.2) is 0 Å². The summed E-state index contributed by atoms with van der Waals surface area (Å²) in [6.45, 7) is 3.04. The first-order valence-corrected chi connectivity index (χ1v) is 9.33. The van der Waals surface area contributed by atoms with Crippen molar-refractivity contribution in [3.63, 3.8) is 0 Å². The molecule has 2 aromatic carbocycles. The largest absolute Gasteiger partial charge is 0.492 e. The van der Waals surface area contributed by atoms with Crippen LogP contribution in [0.3, 0.4) is 0 Å². The van der Waals surface area contributed by atoms with Gasteiger partial charge in [-0.2, -0.15) is 4.31 Å². The summed E-state index contributed by atoms with van der Waals surface area (Å²) in [7, 11) is -3.66. The minimum atomic E-state index is -3.66. The van der Waals surface area contributed by atoms with Crippen molar-refractivity contribution in [2.45, 2.75) is 24.8 Å². The number of sulfonamides is 1. The van der Waals surface area contributed by atoms with Crippen molar-refractivity contribution < 1.29 is 13.2 Å². The Labute approximate surface area is 141 Å². The summed E-state index contributed by atoms with van der Waals surface area (Å²) in [6, 6.07) is 12.6. The van der Waals surface area contributed by atoms with Crippen LogP contribution in [-0.4, -0.2) is 25.9 Å². The van der Waals surface area contributed by atoms with E-state index in [0.717, 1.165) is 5.56 Å². The normalized spacial score (nSPS) is 15.2. The summed E-state index contributed by atoms with van der Waals surface area (Å²) in [6.07, 6.45) is 0.708. The van der Waals surface area contributed by atoms with E-state index in [2.05, 4.69) is 0 Å². The molecule has 0 fully saturated rings. The first-order valence-electron chi connectivity index (χ1n) is 7.51. The number of benzene rings is 2. The van der Waals surface area contributed by atoms with Crippen molar-refractivity contribution in [1.82, 2.24) is 4.31 Å². The van der Waals surface area contributed by atoms with Gasteiger partial charge in [-0.15, -0.1) is 0 Å². The van der Waals surface area contributed by atoms with E-state index in [1.54, 1.807) is 12.1 Å². The van der Waals surface area contributed by atoms with Crippen molar-refractivity contribution in [3.8, 4) is 5.75 Å². The average molecular weight is 352 g/mol. The SMILES string of the molecule is CCOc1ccc(Cl)cc1S(=O)(=O)N1CCc2ccccc2C1. The molecule has 2 aromatic rings. The molecule has 3 rings (SSSR count). The molecule has 23 heavy (non-hydrogen) atoms. The van der Waals surface area contributed by atoms with Crippen LogP contribution >= 0.6 is 11.6 Å². The van der Waals surface area contributed by atoms with Gasteiger partial charge in [-0.1, -0.05) is 35.9 Å². The van der Waals surface area contributed by atoms with Crippen LogP contribution in [-0.2, 0) is 23.0 Å². The quantitative estimate of drug-likeness (QED) is 0.847. The van der Waals surface area contributed by atoms with Crippen molar-refractivity contribution in [3.05, 3.63) is 58.6 Å². The van der Waals surface area contributed by atoms with Crippen molar-refractivity contribution in [1.29, 1.82) is 0 Å². The van der Waals surface area contributed by atoms with Gasteiger partial charge in [-0.3, -0.25) is 0 Å². The molecule has 0 bridgehead atoms. The zero-order valence-corrected chi connectivity index (χ0v) is 14.4. The van der Waals surface area contributed by atoms with E-state index in [0.29, 0.717) is 36.9 Å². The van der Waals surface area contributed by atoms with Gasteiger partial charge in [-0.05, 0) is 42.7 Å². The van der Waals surface area contributed by atoms with E-state index in [9.17, 15) is 8.42 Å². The number of hydrogen-bond acceptors (Lipinski definition) is 3. The Kier molecular flexibility index (Phi) is 4.62. The molecule has 0 N–H and O–H groups in total. The standard InChI is InChI=1S/C17H18ClNO3S/c1-2-22-16-8-7-15(18)11-17(16)23(20,21)19-10-9-13-5-3-4-6-14(13)12-19/h3-8,11H,2,9-10,12H2,1H3. The number of ether oxygens (including phenoxy) is 1. The van der Waals surface area contributed by atoms with E-state index >= 15 is 0 Å². The molecule has 0 aliphatic carbocycles. The number of rotatable bonds is 4. The summed E-state index contributed by atoms with van der Waals surface area (Å²) in [4.78, 5) is 0.131. The van der Waals surface area contributed by atoms with Crippen LogP contribution in [0.2, 0.25) is 5.02 Å². The van der Waals surface area contributed by atoms with Gasteiger partial charge in [-0.25, -0.2) is 8.42 Å². The molecule has 0 atom stereocenters. The molecule has 0 aromatic heterocycles. The Hall–Kier alpha value is -1.56. The lowest BCUT2D eigenvalue weighted by Crippen LogP contribution is -2.36. The monoisotopic (exact) mass is 351 g/mol. The zero-order chi connectivity index (χ0) is 16.4. The Balaban J connectivity index is 1.98. The summed E-state index contributed by atoms with van der Waals surface area (Å²) >= 11 is 6.00. The maximum Gasteiger partial charge on any atom is 0.247 e. The highest BCUT2D eigenvalue weighted by Crippen LogP contribution is 2.32. The van der Waals surface area contributed by atoms with Crippen molar-refractivity contribution >= 4 is 21.6 Å². The third kappa shape index (κ3) is 3.22. The topological polar surface area (TPSA) is 46.6 Å². The second-order valence-electron chi connectivity index (χ2n) is 5.38. The summed E-state index contributed by atoms with van der Waals surface area (Å²) in [5.74, 6) is 0.343. The van der Waals surface area contributed by atoms with Crippen LogP contribution in [0.25, 0.3) is 0 Å². The van der Waals surface area contributed by atoms with Crippen molar-refractivity contribution in [2.24, 2.45) is 0 Å². The molecule has 0 amide bonds. The zero-order valence-electron chi connectivity index (χ0n) is 12.8. The van der Waals surface area contributed by atoms with Gasteiger partial charge in [0.05, 0.1) is 6.61 Å². The highest BCUT2D eigenvalue weighted by molar-refractivity contribution is 7.89. The molecular formula is C17H18ClNO3S. The molecule has 0 saturated carbocycles. The lowest BCUT2D eigenvalue weighted by molar-refractivity contribution is 0.327. The number of hydrogen-bond donors (Lipinski definition) is 0. The summed E-state index contributed by atoms with van der Waals surface area (Å²) in [5, 5.41) is 0.379. The maximum atomic E-state index is 13.0. The maximum absolute atomic E-state index is 13.0. The molecule has 0 saturated heterocycles. The van der Waals surface area contributed by atoms with Crippen LogP contribution in [0, 0.1) is 0 Å². The minimum Gasteiger partial charge on any atom is -0.492 e. The molecule has 0 spiro atoms. The van der Waals surface area contributed by atoms with Gasteiger partial charge < -0.3 is 4.74 Å². The average Bonchev–Trinajstić information content (AvgIpc) is 2.56. The third-order valence-corrected chi connectivity index (χ3v) is 6.02. The van der Waals surface area contributed by atoms with E-state index in [-0.39, 0.29) is 4.90 Å². The first kappa shape index (κ1) is 16.3. The molecule has 6 heteroatoms. The summed E-state index contributed by atoms with van der Waals surface area (Å²) < 4.78 is 33.0. The van der Waals surface area contributed by atoms with Crippen LogP contribution in [0.5, 0.6) is 5.75 Å². The molecule has 1 aliphatic rings. The van der Waals surface area contributed by atoms with E-state index in [1.165, 1.54) is 15.9 Å². The fourth-order valence-corrected chi connectivity index (χ4v) is 4.59. The van der Waals surface area contributed by atoms with Gasteiger partial charge >= 0.3 is 0 Å². The van der Waals surface area contributed by atoms with Crippen molar-refractivity contribution in [2.75, 3.05) is 13.2 Å². The molecule has 1 heterocycles. The predicted octanol–water partition coefficient (Wildman–Crippen LogP) is 3.49. The minimum absolute atomic E-state index is 0.131. The van der Waals surface area contributed by atoms with Crippen LogP contribution in [0.15, 0.2) is 47.4 Å². The number of nitrogens with zero attached hydrogens (tertiary/aromatic N) is 1. The van der Waals surface area contributed by atoms with Gasteiger partial charge in [0.25, 0.3) is 0 Å². The first-order chi connectivity index (χ1) is 11.0. The van der Waals surface area contributed by atoms with Crippen LogP contribution < -0.4 is 4.74 Å². The highest BCUT2D eigenvalue weighted by atomic mass is 35.5. The Morgan fingerprint density at radius 2 is 1.91 bits per heavy atom. The number of fused-ring (bicyclic) bond motifs is 1. The van der Waals surface area contributed by atoms with E-state index in [1.807, 2.05) is 31.2 Å². The molecule has 122 valence electrons. The van der Waals surface area contributed by atoms with E-state index < -0.39 is 10.0 Å². The van der Waals surface area contributed by atoms with Crippen LogP contribution in [0.4, 0.5) is 0 Å². The molecular weight excluding hydrogens is 334 g/mol. The van der Waals surface area contributed by atoms with Gasteiger partial charge in [0, 0.05) is 18.1 Å². The van der Waals surface area contributed by atoms with Crippen LogP contribution in [0.1, 0.15) is 18.1 Å². The lowest BCUT2D eigenvalue weighted by Gasteiger charge is -2.28. The molecule has 4 nitrogen and oxygen atoms in total. The number of halogens is 1. The predicted molar refractivity (Wildman–Crippen MR) is 90.4 cm³/mol. The van der Waals surface area contributed by atoms with Gasteiger partial charge in [0.2, 0.25) is 10.0 Å². The Bertz CT molecular complexity index is 820. The van der Waals surface area contributed by atoms with E-state index in [4.69, 9.17) is 16.3 Å². The molecule has 1 aliphatic heterocycles. The third-order valence-electron chi connectivity index (χ3n) is 3.92. The fourth-order valence-electron chi connectivity index (χ4n) is 2.77. The molecule has 0 unspecified atom stereocenters. The lowest BCUT2D eigenvalue weighted by atomic mass is 10.0. The Morgan fingerprint density at radius 1 is 1.17 bits per heavy atom. The fraction of sp³-hybridized carbons (Fsp3) is 0.294. The van der Waals surface area contributed by atoms with Gasteiger partial charge in [0.1, 0.15) is 10.6 Å². The highest BCUT2D eigenvalue weighted by Gasteiger charge is 2.30. The second-order valence-corrected chi connectivity index (χ2v) is 7.72. The summed E-state index contributed by atoms with van der Waals surface area (Å²) in [5.41, 5.74) is 2.25. The Morgan fingerprint density at radius 3 is 2.65 bits per heavy atom. The smallest absolute Gasteiger partial charge is 0.247 e.